The summed E-state index contributed by atoms with van der Waals surface area (Å²) >= 11 is 2.27. The molecule has 1 N–H and O–H groups in total. The van der Waals surface area contributed by atoms with Gasteiger partial charge in [0.25, 0.3) is 0 Å². The van der Waals surface area contributed by atoms with Gasteiger partial charge in [-0.15, -0.1) is 4.26 Å². The molecule has 8 heteroatoms. The summed E-state index contributed by atoms with van der Waals surface area (Å²) in [6.07, 6.45) is 0. The second-order valence-corrected chi connectivity index (χ2v) is 7.17. The van der Waals surface area contributed by atoms with Crippen molar-refractivity contribution in [3.63, 3.8) is 0 Å². The zero-order chi connectivity index (χ0) is 9.80. The highest BCUT2D eigenvalue weighted by atomic mass is 127. The molecule has 0 saturated heterocycles. The van der Waals surface area contributed by atoms with Crippen LogP contribution in [-0.4, -0.2) is 13.3 Å². The van der Waals surface area contributed by atoms with Crippen molar-refractivity contribution in [2.45, 2.75) is 0 Å². The fourth-order valence-electron chi connectivity index (χ4n) is 0.820. The molecule has 1 aromatic carbocycles. The summed E-state index contributed by atoms with van der Waals surface area (Å²) in [5, 5.41) is 0. The first-order valence-corrected chi connectivity index (χ1v) is 7.52. The first kappa shape index (κ1) is 10.6. The molecule has 0 spiro atoms. The van der Waals surface area contributed by atoms with Gasteiger partial charge in [-0.3, -0.25) is 0 Å². The van der Waals surface area contributed by atoms with Gasteiger partial charge in [0.2, 0.25) is 0 Å². The molecule has 74 valence electrons. The quantitative estimate of drug-likeness (QED) is 0.838. The number of rotatable bonds is 2. The number of benzene rings is 1. The molecule has 0 fully saturated rings. The van der Waals surface area contributed by atoms with E-state index in [1.54, 1.807) is 4.26 Å². The van der Waals surface area contributed by atoms with Crippen molar-refractivity contribution in [1.82, 2.24) is 13.3 Å². The van der Waals surface area contributed by atoms with Gasteiger partial charge in [-0.2, -0.15) is 4.51 Å². The average Bonchev–Trinajstić information content (AvgIpc) is 2.23. The molecule has 1 aromatic heterocycles. The Hall–Kier alpha value is 0.0500. The van der Waals surface area contributed by atoms with Crippen molar-refractivity contribution >= 4 is 48.1 Å². The Bertz CT molecular complexity index is 412. The minimum atomic E-state index is 0.481. The third-order valence-electron chi connectivity index (χ3n) is 1.39. The molecule has 14 heavy (non-hydrogen) atoms. The maximum atomic E-state index is 5.59. The van der Waals surface area contributed by atoms with Gasteiger partial charge in [-0.25, -0.2) is 0 Å². The maximum Gasteiger partial charge on any atom is 0.182 e. The second kappa shape index (κ2) is 5.22. The summed E-state index contributed by atoms with van der Waals surface area (Å²) in [5.41, 5.74) is 0. The number of H-pyrrole nitrogens is 1. The summed E-state index contributed by atoms with van der Waals surface area (Å²) in [7, 11) is 1.86. The number of hydrogen-bond acceptors (Lipinski definition) is 2. The molecular formula is C6H7IN3OP3. The van der Waals surface area contributed by atoms with Crippen LogP contribution in [0.2, 0.25) is 0 Å². The molecule has 0 saturated carbocycles. The van der Waals surface area contributed by atoms with Crippen molar-refractivity contribution in [1.29, 1.82) is 0 Å². The lowest BCUT2D eigenvalue weighted by molar-refractivity contribution is 0.277. The van der Waals surface area contributed by atoms with Crippen LogP contribution in [0.25, 0.3) is 0 Å². The van der Waals surface area contributed by atoms with E-state index in [0.717, 1.165) is 14.3 Å². The molecule has 0 radical (unpaired) electrons. The number of aromatic amines is 1. The predicted octanol–water partition coefficient (Wildman–Crippen LogP) is 3.43. The van der Waals surface area contributed by atoms with E-state index in [1.807, 2.05) is 24.3 Å². The van der Waals surface area contributed by atoms with Gasteiger partial charge >= 0.3 is 0 Å². The van der Waals surface area contributed by atoms with E-state index < -0.39 is 0 Å². The summed E-state index contributed by atoms with van der Waals surface area (Å²) in [5.74, 6) is 0.854. The van der Waals surface area contributed by atoms with E-state index in [1.165, 1.54) is 3.57 Å². The van der Waals surface area contributed by atoms with Gasteiger partial charge in [0.15, 0.2) is 14.3 Å². The van der Waals surface area contributed by atoms with Gasteiger partial charge < -0.3 is 9.35 Å². The maximum absolute atomic E-state index is 5.59. The molecule has 2 unspecified atom stereocenters. The lowest BCUT2D eigenvalue weighted by Gasteiger charge is -2.05. The van der Waals surface area contributed by atoms with Crippen LogP contribution in [0.1, 0.15) is 0 Å². The number of nitrogens with zero attached hydrogens (tertiary/aromatic N) is 2. The van der Waals surface area contributed by atoms with E-state index in [-0.39, 0.29) is 0 Å². The van der Waals surface area contributed by atoms with Crippen LogP contribution in [0, 0.1) is 3.57 Å². The highest BCUT2D eigenvalue weighted by Crippen LogP contribution is 2.18. The van der Waals surface area contributed by atoms with Crippen LogP contribution in [0.15, 0.2) is 24.3 Å². The van der Waals surface area contributed by atoms with Gasteiger partial charge in [0, 0.05) is 12.1 Å². The van der Waals surface area contributed by atoms with Crippen LogP contribution in [0.3, 0.4) is 0 Å². The average molecular weight is 357 g/mol. The van der Waals surface area contributed by atoms with Crippen molar-refractivity contribution in [3.8, 4) is 5.75 Å². The van der Waals surface area contributed by atoms with Gasteiger partial charge in [0.1, 0.15) is 0 Å². The van der Waals surface area contributed by atoms with Crippen LogP contribution in [-0.2, 0) is 0 Å². The van der Waals surface area contributed by atoms with Crippen LogP contribution in [0.5, 0.6) is 5.75 Å². The summed E-state index contributed by atoms with van der Waals surface area (Å²) in [6, 6.07) is 7.95. The van der Waals surface area contributed by atoms with Gasteiger partial charge in [-0.05, 0) is 46.9 Å². The lowest BCUT2D eigenvalue weighted by atomic mass is 10.3. The Morgan fingerprint density at radius 3 is 2.86 bits per heavy atom. The van der Waals surface area contributed by atoms with Gasteiger partial charge in [-0.1, -0.05) is 0 Å². The standard InChI is InChI=1S/C6H7IN3OP3/c7-5-1-3-6(4-2-5)11-10-13-8-12-9-14-10/h1-4,8,12-13H. The van der Waals surface area contributed by atoms with Gasteiger partial charge in [0.05, 0.1) is 8.51 Å². The molecular weight excluding hydrogens is 350 g/mol. The van der Waals surface area contributed by atoms with Crippen molar-refractivity contribution in [2.75, 3.05) is 0 Å². The molecule has 0 amide bonds. The highest BCUT2D eigenvalue weighted by Gasteiger charge is 1.94. The zero-order valence-corrected chi connectivity index (χ0v) is 12.0. The molecule has 0 bridgehead atoms. The summed E-state index contributed by atoms with van der Waals surface area (Å²) in [6.45, 7) is 0. The zero-order valence-electron chi connectivity index (χ0n) is 6.94. The second-order valence-electron chi connectivity index (χ2n) is 2.36. The Morgan fingerprint density at radius 1 is 1.43 bits per heavy atom. The van der Waals surface area contributed by atoms with Crippen LogP contribution in [0.4, 0.5) is 0 Å². The molecule has 0 aliphatic heterocycles. The minimum absolute atomic E-state index is 0.481. The van der Waals surface area contributed by atoms with E-state index in [9.17, 15) is 0 Å². The molecule has 2 atom stereocenters. The first-order chi connectivity index (χ1) is 6.84. The molecule has 0 aliphatic carbocycles. The molecule has 1 heterocycles. The number of nitrogens with one attached hydrogen (secondary N) is 1. The van der Waals surface area contributed by atoms with Crippen LogP contribution < -0.4 is 4.84 Å². The lowest BCUT2D eigenvalue weighted by Crippen LogP contribution is -1.96. The van der Waals surface area contributed by atoms with E-state index >= 15 is 0 Å². The van der Waals surface area contributed by atoms with Crippen molar-refractivity contribution < 1.29 is 4.84 Å². The molecule has 4 nitrogen and oxygen atoms in total. The monoisotopic (exact) mass is 357 g/mol. The predicted molar refractivity (Wildman–Crippen MR) is 70.9 cm³/mol. The first-order valence-electron chi connectivity index (χ1n) is 3.74. The third kappa shape index (κ3) is 3.03. The number of halogens is 1. The van der Waals surface area contributed by atoms with E-state index in [4.69, 9.17) is 4.84 Å². The number of aromatic nitrogens is 3. The summed E-state index contributed by atoms with van der Waals surface area (Å²) in [4.78, 5) is 5.59. The Balaban J connectivity index is 2.16. The Labute approximate surface area is 99.5 Å². The summed E-state index contributed by atoms with van der Waals surface area (Å²) < 4.78 is 10.3. The SMILES string of the molecule is Ic1ccc(On2pn[pH][nH][pH]2)cc1. The van der Waals surface area contributed by atoms with Crippen molar-refractivity contribution in [3.05, 3.63) is 27.8 Å². The largest absolute Gasteiger partial charge is 0.366 e. The highest BCUT2D eigenvalue weighted by molar-refractivity contribution is 14.1. The van der Waals surface area contributed by atoms with Crippen LogP contribution >= 0.6 is 48.1 Å². The Kier molecular flexibility index (Phi) is 3.94. The minimum Gasteiger partial charge on any atom is -0.366 e. The fraction of sp³-hybridized carbons (Fsp3) is 0. The van der Waals surface area contributed by atoms with Crippen molar-refractivity contribution in [2.24, 2.45) is 0 Å². The molecule has 0 aliphatic rings. The molecule has 2 rings (SSSR count). The third-order valence-corrected chi connectivity index (χ3v) is 4.86. The fourth-order valence-corrected chi connectivity index (χ4v) is 4.23. The topological polar surface area (TPSA) is 42.8 Å². The Morgan fingerprint density at radius 2 is 2.21 bits per heavy atom. The molecule has 2 aromatic rings. The smallest absolute Gasteiger partial charge is 0.182 e. The van der Waals surface area contributed by atoms with E-state index in [2.05, 4.69) is 31.6 Å². The normalized spacial score (nSPS) is 11.5. The van der Waals surface area contributed by atoms with E-state index in [0.29, 0.717) is 17.0 Å². The number of hydrogen-bond donors (Lipinski definition) is 1.